The highest BCUT2D eigenvalue weighted by molar-refractivity contribution is 6.33. The third-order valence-electron chi connectivity index (χ3n) is 2.39. The zero-order valence-corrected chi connectivity index (χ0v) is 10.5. The Morgan fingerprint density at radius 2 is 1.67 bits per heavy atom. The molecule has 0 aliphatic rings. The van der Waals surface area contributed by atoms with E-state index in [9.17, 15) is 10.0 Å². The second-order valence-electron chi connectivity index (χ2n) is 3.54. The molecule has 0 amide bonds. The Kier molecular flexibility index (Phi) is 3.41. The van der Waals surface area contributed by atoms with E-state index in [0.29, 0.717) is 15.3 Å². The lowest BCUT2D eigenvalue weighted by Gasteiger charge is -2.02. The number of pyridine rings is 1. The second kappa shape index (κ2) is 4.84. The number of aromatic nitrogens is 1. The fraction of sp³-hybridized carbons (Fsp3) is 0. The van der Waals surface area contributed by atoms with Crippen LogP contribution in [0.3, 0.4) is 0 Å². The van der Waals surface area contributed by atoms with E-state index in [1.807, 2.05) is 0 Å². The van der Waals surface area contributed by atoms with Crippen molar-refractivity contribution in [3.8, 4) is 11.3 Å². The molecule has 1 aromatic heterocycles. The summed E-state index contributed by atoms with van der Waals surface area (Å²) in [7, 11) is 0. The molecule has 4 nitrogen and oxygen atoms in total. The zero-order valence-electron chi connectivity index (χ0n) is 8.97. The fourth-order valence-electron chi connectivity index (χ4n) is 1.55. The lowest BCUT2D eigenvalue weighted by molar-refractivity contribution is -0.897. The first-order valence-corrected chi connectivity index (χ1v) is 5.69. The molecule has 92 valence electrons. The van der Waals surface area contributed by atoms with Gasteiger partial charge in [-0.25, -0.2) is 4.79 Å². The molecular weight excluding hydrogens is 277 g/mol. The molecule has 0 atom stereocenters. The summed E-state index contributed by atoms with van der Waals surface area (Å²) < 4.78 is 0.550. The van der Waals surface area contributed by atoms with Gasteiger partial charge in [-0.05, 0) is 30.3 Å². The number of benzene rings is 1. The number of carboxylic acids is 1. The zero-order chi connectivity index (χ0) is 13.3. The maximum absolute atomic E-state index is 10.9. The maximum Gasteiger partial charge on any atom is 0.406 e. The van der Waals surface area contributed by atoms with Gasteiger partial charge in [0.25, 0.3) is 5.69 Å². The van der Waals surface area contributed by atoms with E-state index in [-0.39, 0.29) is 16.4 Å². The summed E-state index contributed by atoms with van der Waals surface area (Å²) in [5.74, 6) is -1.25. The van der Waals surface area contributed by atoms with Gasteiger partial charge in [0.2, 0.25) is 0 Å². The van der Waals surface area contributed by atoms with Gasteiger partial charge in [-0.1, -0.05) is 23.2 Å². The minimum absolute atomic E-state index is 0.202. The van der Waals surface area contributed by atoms with Crippen molar-refractivity contribution in [3.63, 3.8) is 0 Å². The van der Waals surface area contributed by atoms with Gasteiger partial charge in [0.15, 0.2) is 0 Å². The number of aromatic carboxylic acids is 1. The van der Waals surface area contributed by atoms with Gasteiger partial charge in [0.1, 0.15) is 5.02 Å². The Labute approximate surface area is 113 Å². The molecule has 18 heavy (non-hydrogen) atoms. The van der Waals surface area contributed by atoms with Crippen LogP contribution in [0.5, 0.6) is 0 Å². The standard InChI is InChI=1S/C12H7Cl2NO3/c13-8-3-1-7(2-4-8)11-9(14)5-6-10(12(16)17)15(11)18/h1-6H,(H-,16,17,18)/p+1. The summed E-state index contributed by atoms with van der Waals surface area (Å²) in [4.78, 5) is 10.9. The summed E-state index contributed by atoms with van der Waals surface area (Å²) in [5.41, 5.74) is 0.493. The predicted octanol–water partition coefficient (Wildman–Crippen LogP) is 2.88. The molecule has 1 aromatic carbocycles. The van der Waals surface area contributed by atoms with Gasteiger partial charge in [0, 0.05) is 15.8 Å². The number of nitrogens with zero attached hydrogens (tertiary/aromatic N) is 1. The van der Waals surface area contributed by atoms with Crippen molar-refractivity contribution < 1.29 is 19.8 Å². The minimum atomic E-state index is -1.25. The van der Waals surface area contributed by atoms with Crippen LogP contribution in [0.4, 0.5) is 0 Å². The van der Waals surface area contributed by atoms with Crippen LogP contribution in [0.15, 0.2) is 36.4 Å². The monoisotopic (exact) mass is 284 g/mol. The predicted molar refractivity (Wildman–Crippen MR) is 66.2 cm³/mol. The van der Waals surface area contributed by atoms with E-state index in [0.717, 1.165) is 0 Å². The average Bonchev–Trinajstić information content (AvgIpc) is 2.31. The third-order valence-corrected chi connectivity index (χ3v) is 2.95. The Morgan fingerprint density at radius 3 is 2.22 bits per heavy atom. The SMILES string of the molecule is O=C(O)c1ccc(Cl)c(-c2ccc(Cl)cc2)[n+]1O. The molecule has 6 heteroatoms. The Balaban J connectivity index is 2.66. The lowest BCUT2D eigenvalue weighted by Crippen LogP contribution is -2.40. The van der Waals surface area contributed by atoms with Crippen LogP contribution in [-0.4, -0.2) is 16.3 Å². The molecule has 0 aliphatic carbocycles. The summed E-state index contributed by atoms with van der Waals surface area (Å²) in [6, 6.07) is 9.18. The van der Waals surface area contributed by atoms with Gasteiger partial charge >= 0.3 is 11.7 Å². The van der Waals surface area contributed by atoms with Crippen LogP contribution in [0.25, 0.3) is 11.3 Å². The van der Waals surface area contributed by atoms with Gasteiger partial charge in [-0.2, -0.15) is 0 Å². The third kappa shape index (κ3) is 2.25. The van der Waals surface area contributed by atoms with Crippen LogP contribution in [0.2, 0.25) is 10.0 Å². The average molecular weight is 285 g/mol. The molecule has 2 aromatic rings. The Bertz CT molecular complexity index is 611. The highest BCUT2D eigenvalue weighted by Crippen LogP contribution is 2.25. The highest BCUT2D eigenvalue weighted by Gasteiger charge is 2.27. The van der Waals surface area contributed by atoms with Crippen molar-refractivity contribution in [2.45, 2.75) is 0 Å². The van der Waals surface area contributed by atoms with E-state index < -0.39 is 5.97 Å². The summed E-state index contributed by atoms with van der Waals surface area (Å²) in [6.07, 6.45) is 0. The molecule has 0 bridgehead atoms. The largest absolute Gasteiger partial charge is 0.473 e. The number of halogens is 2. The van der Waals surface area contributed by atoms with E-state index in [1.54, 1.807) is 24.3 Å². The van der Waals surface area contributed by atoms with E-state index in [4.69, 9.17) is 28.3 Å². The molecule has 0 saturated carbocycles. The summed E-state index contributed by atoms with van der Waals surface area (Å²) in [6.45, 7) is 0. The molecule has 0 saturated heterocycles. The number of hydrogen-bond acceptors (Lipinski definition) is 2. The number of carboxylic acid groups (broad SMARTS) is 1. The lowest BCUT2D eigenvalue weighted by atomic mass is 10.1. The number of hydrogen-bond donors (Lipinski definition) is 2. The van der Waals surface area contributed by atoms with Crippen LogP contribution in [0.1, 0.15) is 10.5 Å². The van der Waals surface area contributed by atoms with Gasteiger partial charge in [-0.15, -0.1) is 0 Å². The van der Waals surface area contributed by atoms with Crippen LogP contribution < -0.4 is 4.73 Å². The molecule has 2 rings (SSSR count). The first-order chi connectivity index (χ1) is 8.50. The molecule has 0 unspecified atom stereocenters. The van der Waals surface area contributed by atoms with E-state index in [1.165, 1.54) is 12.1 Å². The first-order valence-electron chi connectivity index (χ1n) is 4.93. The van der Waals surface area contributed by atoms with Gasteiger partial charge in [-0.3, -0.25) is 5.21 Å². The van der Waals surface area contributed by atoms with E-state index in [2.05, 4.69) is 0 Å². The molecule has 0 spiro atoms. The van der Waals surface area contributed by atoms with Crippen molar-refractivity contribution >= 4 is 29.2 Å². The Hall–Kier alpha value is -1.78. The van der Waals surface area contributed by atoms with Crippen molar-refractivity contribution in [1.82, 2.24) is 0 Å². The molecule has 0 aliphatic heterocycles. The van der Waals surface area contributed by atoms with Gasteiger partial charge in [0.05, 0.1) is 5.56 Å². The molecule has 0 fully saturated rings. The normalized spacial score (nSPS) is 10.3. The molecule has 0 radical (unpaired) electrons. The Morgan fingerprint density at radius 1 is 1.06 bits per heavy atom. The van der Waals surface area contributed by atoms with Crippen LogP contribution >= 0.6 is 23.2 Å². The quantitative estimate of drug-likeness (QED) is 0.658. The molecular formula is C12H8Cl2NO3+. The highest BCUT2D eigenvalue weighted by atomic mass is 35.5. The topological polar surface area (TPSA) is 61.4 Å². The van der Waals surface area contributed by atoms with Crippen molar-refractivity contribution in [3.05, 3.63) is 52.1 Å². The maximum atomic E-state index is 10.9. The van der Waals surface area contributed by atoms with Gasteiger partial charge < -0.3 is 5.11 Å². The van der Waals surface area contributed by atoms with E-state index >= 15 is 0 Å². The van der Waals surface area contributed by atoms with Crippen LogP contribution in [-0.2, 0) is 0 Å². The molecule has 1 heterocycles. The van der Waals surface area contributed by atoms with Crippen molar-refractivity contribution in [2.75, 3.05) is 0 Å². The minimum Gasteiger partial charge on any atom is -0.473 e. The number of rotatable bonds is 2. The molecule has 2 N–H and O–H groups in total. The summed E-state index contributed by atoms with van der Waals surface area (Å²) >= 11 is 11.7. The first kappa shape index (κ1) is 12.7. The second-order valence-corrected chi connectivity index (χ2v) is 4.38. The van der Waals surface area contributed by atoms with Crippen molar-refractivity contribution in [2.24, 2.45) is 0 Å². The smallest absolute Gasteiger partial charge is 0.406 e. The fourth-order valence-corrected chi connectivity index (χ4v) is 1.93. The van der Waals surface area contributed by atoms with Crippen LogP contribution in [0, 0.1) is 0 Å². The van der Waals surface area contributed by atoms with Crippen molar-refractivity contribution in [1.29, 1.82) is 0 Å². The summed E-state index contributed by atoms with van der Waals surface area (Å²) in [5, 5.41) is 19.6. The number of carbonyl (C=O) groups is 1.